The lowest BCUT2D eigenvalue weighted by atomic mass is 10.0. The summed E-state index contributed by atoms with van der Waals surface area (Å²) >= 11 is 6.24. The Bertz CT molecular complexity index is 940. The van der Waals surface area contributed by atoms with Crippen LogP contribution in [0.1, 0.15) is 28.5 Å². The molecule has 3 rings (SSSR count). The van der Waals surface area contributed by atoms with E-state index in [1.54, 1.807) is 30.3 Å². The molecule has 6 nitrogen and oxygen atoms in total. The van der Waals surface area contributed by atoms with Crippen molar-refractivity contribution >= 4 is 23.5 Å². The summed E-state index contributed by atoms with van der Waals surface area (Å²) in [6.45, 7) is 0. The number of nitrogens with one attached hydrogen (secondary N) is 2. The molecule has 27 heavy (non-hydrogen) atoms. The molecule has 1 unspecified atom stereocenters. The number of benzene rings is 2. The highest BCUT2D eigenvalue weighted by Gasteiger charge is 2.22. The van der Waals surface area contributed by atoms with Gasteiger partial charge in [-0.3, -0.25) is 14.7 Å². The molecule has 1 heterocycles. The normalized spacial score (nSPS) is 11.6. The zero-order valence-corrected chi connectivity index (χ0v) is 15.4. The molecule has 0 aliphatic heterocycles. The van der Waals surface area contributed by atoms with E-state index in [1.807, 2.05) is 30.3 Å². The molecule has 0 radical (unpaired) electrons. The highest BCUT2D eigenvalue weighted by atomic mass is 35.5. The van der Waals surface area contributed by atoms with E-state index >= 15 is 0 Å². The van der Waals surface area contributed by atoms with Crippen molar-refractivity contribution in [1.29, 1.82) is 0 Å². The van der Waals surface area contributed by atoms with E-state index in [-0.39, 0.29) is 12.1 Å². The third kappa shape index (κ3) is 4.54. The molecule has 7 heteroatoms. The first-order chi connectivity index (χ1) is 13.1. The molecule has 1 aromatic heterocycles. The number of hydrogen-bond donors (Lipinski definition) is 2. The Kier molecular flexibility index (Phi) is 5.88. The van der Waals surface area contributed by atoms with E-state index in [9.17, 15) is 9.59 Å². The first kappa shape index (κ1) is 18.7. The second kappa shape index (κ2) is 8.51. The van der Waals surface area contributed by atoms with Gasteiger partial charge in [-0.05, 0) is 17.7 Å². The lowest BCUT2D eigenvalue weighted by Crippen LogP contribution is -2.31. The second-order valence-electron chi connectivity index (χ2n) is 5.86. The van der Waals surface area contributed by atoms with Crippen LogP contribution in [-0.2, 0) is 9.53 Å². The van der Waals surface area contributed by atoms with Gasteiger partial charge in [0.05, 0.1) is 25.3 Å². The van der Waals surface area contributed by atoms with E-state index in [1.165, 1.54) is 7.11 Å². The van der Waals surface area contributed by atoms with Gasteiger partial charge in [-0.2, -0.15) is 5.10 Å². The summed E-state index contributed by atoms with van der Waals surface area (Å²) in [6, 6.07) is 17.6. The molecule has 1 amide bonds. The van der Waals surface area contributed by atoms with Gasteiger partial charge < -0.3 is 10.1 Å². The smallest absolute Gasteiger partial charge is 0.307 e. The van der Waals surface area contributed by atoms with Crippen LogP contribution in [0.25, 0.3) is 11.3 Å². The third-order valence-corrected chi connectivity index (χ3v) is 4.42. The Morgan fingerprint density at radius 3 is 2.56 bits per heavy atom. The molecule has 0 saturated carbocycles. The fourth-order valence-electron chi connectivity index (χ4n) is 2.68. The van der Waals surface area contributed by atoms with E-state index in [2.05, 4.69) is 15.5 Å². The van der Waals surface area contributed by atoms with Crippen LogP contribution in [-0.4, -0.2) is 29.2 Å². The van der Waals surface area contributed by atoms with E-state index in [4.69, 9.17) is 16.3 Å². The third-order valence-electron chi connectivity index (χ3n) is 4.08. The SMILES string of the molecule is COC(=O)CC(NC(=O)c1cc(-c2ccccc2)n[nH]1)c1ccccc1Cl. The number of aromatic amines is 1. The lowest BCUT2D eigenvalue weighted by Gasteiger charge is -2.19. The molecule has 1 atom stereocenters. The predicted octanol–water partition coefficient (Wildman–Crippen LogP) is 3.76. The van der Waals surface area contributed by atoms with Gasteiger partial charge in [-0.1, -0.05) is 60.1 Å². The minimum absolute atomic E-state index is 0.0361. The number of halogens is 1. The summed E-state index contributed by atoms with van der Waals surface area (Å²) in [7, 11) is 1.30. The first-order valence-electron chi connectivity index (χ1n) is 8.31. The van der Waals surface area contributed by atoms with Crippen molar-refractivity contribution in [2.24, 2.45) is 0 Å². The summed E-state index contributed by atoms with van der Waals surface area (Å²) in [5.41, 5.74) is 2.48. The summed E-state index contributed by atoms with van der Waals surface area (Å²) in [6.07, 6.45) is -0.0361. The molecular weight excluding hydrogens is 366 g/mol. The fraction of sp³-hybridized carbons (Fsp3) is 0.150. The highest BCUT2D eigenvalue weighted by Crippen LogP contribution is 2.26. The maximum absolute atomic E-state index is 12.7. The zero-order valence-electron chi connectivity index (χ0n) is 14.6. The Labute approximate surface area is 161 Å². The standard InChI is InChI=1S/C20H18ClN3O3/c1-27-19(25)12-17(14-9-5-6-10-15(14)21)22-20(26)18-11-16(23-24-18)13-7-3-2-4-8-13/h2-11,17H,12H2,1H3,(H,22,26)(H,23,24). The van der Waals surface area contributed by atoms with Gasteiger partial charge >= 0.3 is 5.97 Å². The van der Waals surface area contributed by atoms with Crippen LogP contribution in [0.15, 0.2) is 60.7 Å². The van der Waals surface area contributed by atoms with Gasteiger partial charge in [0.15, 0.2) is 0 Å². The van der Waals surface area contributed by atoms with Gasteiger partial charge in [0.2, 0.25) is 0 Å². The number of carbonyl (C=O) groups excluding carboxylic acids is 2. The van der Waals surface area contributed by atoms with Gasteiger partial charge in [-0.15, -0.1) is 0 Å². The molecule has 0 bridgehead atoms. The van der Waals surface area contributed by atoms with Crippen LogP contribution in [0.5, 0.6) is 0 Å². The van der Waals surface area contributed by atoms with Crippen LogP contribution in [0.2, 0.25) is 5.02 Å². The molecule has 0 aliphatic rings. The molecule has 0 aliphatic carbocycles. The topological polar surface area (TPSA) is 84.1 Å². The number of methoxy groups -OCH3 is 1. The van der Waals surface area contributed by atoms with Crippen molar-refractivity contribution in [3.05, 3.63) is 76.9 Å². The monoisotopic (exact) mass is 383 g/mol. The average molecular weight is 384 g/mol. The Morgan fingerprint density at radius 1 is 1.15 bits per heavy atom. The molecule has 2 N–H and O–H groups in total. The number of hydrogen-bond acceptors (Lipinski definition) is 4. The van der Waals surface area contributed by atoms with Gasteiger partial charge in [-0.25, -0.2) is 0 Å². The van der Waals surface area contributed by atoms with Crippen LogP contribution in [0.3, 0.4) is 0 Å². The van der Waals surface area contributed by atoms with E-state index < -0.39 is 17.9 Å². The number of carbonyl (C=O) groups is 2. The fourth-order valence-corrected chi connectivity index (χ4v) is 2.94. The van der Waals surface area contributed by atoms with Crippen molar-refractivity contribution in [2.75, 3.05) is 7.11 Å². The van der Waals surface area contributed by atoms with Gasteiger partial charge in [0, 0.05) is 10.6 Å². The van der Waals surface area contributed by atoms with Gasteiger partial charge in [0.1, 0.15) is 5.69 Å². The molecule has 0 fully saturated rings. The largest absolute Gasteiger partial charge is 0.469 e. The summed E-state index contributed by atoms with van der Waals surface area (Å²) in [5, 5.41) is 10.2. The number of aromatic nitrogens is 2. The van der Waals surface area contributed by atoms with Crippen LogP contribution >= 0.6 is 11.6 Å². The minimum atomic E-state index is -0.623. The highest BCUT2D eigenvalue weighted by molar-refractivity contribution is 6.31. The summed E-state index contributed by atoms with van der Waals surface area (Å²) in [5.74, 6) is -0.840. The quantitative estimate of drug-likeness (QED) is 0.635. The lowest BCUT2D eigenvalue weighted by molar-refractivity contribution is -0.141. The zero-order chi connectivity index (χ0) is 19.2. The number of esters is 1. The Morgan fingerprint density at radius 2 is 1.85 bits per heavy atom. The van der Waals surface area contributed by atoms with E-state index in [0.29, 0.717) is 16.3 Å². The number of nitrogens with zero attached hydrogens (tertiary/aromatic N) is 1. The molecular formula is C20H18ClN3O3. The molecule has 0 saturated heterocycles. The van der Waals surface area contributed by atoms with Crippen molar-refractivity contribution in [3.63, 3.8) is 0 Å². The minimum Gasteiger partial charge on any atom is -0.469 e. The maximum atomic E-state index is 12.7. The van der Waals surface area contributed by atoms with Crippen LogP contribution < -0.4 is 5.32 Å². The first-order valence-corrected chi connectivity index (χ1v) is 8.69. The maximum Gasteiger partial charge on any atom is 0.307 e. The predicted molar refractivity (Wildman–Crippen MR) is 102 cm³/mol. The van der Waals surface area contributed by atoms with Gasteiger partial charge in [0.25, 0.3) is 5.91 Å². The van der Waals surface area contributed by atoms with Crippen LogP contribution in [0, 0.1) is 0 Å². The Hall–Kier alpha value is -3.12. The van der Waals surface area contributed by atoms with Crippen molar-refractivity contribution in [3.8, 4) is 11.3 Å². The number of ether oxygens (including phenoxy) is 1. The summed E-state index contributed by atoms with van der Waals surface area (Å²) in [4.78, 5) is 24.5. The number of H-pyrrole nitrogens is 1. The molecule has 2 aromatic carbocycles. The summed E-state index contributed by atoms with van der Waals surface area (Å²) < 4.78 is 4.74. The second-order valence-corrected chi connectivity index (χ2v) is 6.27. The van der Waals surface area contributed by atoms with Crippen LogP contribution in [0.4, 0.5) is 0 Å². The molecule has 3 aromatic rings. The van der Waals surface area contributed by atoms with Crippen molar-refractivity contribution in [1.82, 2.24) is 15.5 Å². The van der Waals surface area contributed by atoms with Crippen molar-refractivity contribution < 1.29 is 14.3 Å². The number of rotatable bonds is 6. The van der Waals surface area contributed by atoms with Crippen molar-refractivity contribution in [2.45, 2.75) is 12.5 Å². The van der Waals surface area contributed by atoms with E-state index in [0.717, 1.165) is 5.56 Å². The molecule has 138 valence electrons. The number of amides is 1. The molecule has 0 spiro atoms. The Balaban J connectivity index is 1.81. The average Bonchev–Trinajstić information content (AvgIpc) is 3.19.